The summed E-state index contributed by atoms with van der Waals surface area (Å²) in [6.07, 6.45) is 4.40. The molecule has 1 saturated heterocycles. The van der Waals surface area contributed by atoms with Crippen molar-refractivity contribution in [1.29, 1.82) is 0 Å². The zero-order valence-corrected chi connectivity index (χ0v) is 10.9. The number of hydrogen-bond acceptors (Lipinski definition) is 2. The van der Waals surface area contributed by atoms with E-state index in [1.165, 1.54) is 12.8 Å². The van der Waals surface area contributed by atoms with Crippen molar-refractivity contribution in [1.82, 2.24) is 4.98 Å². The molecule has 3 heteroatoms. The fourth-order valence-electron chi connectivity index (χ4n) is 2.06. The van der Waals surface area contributed by atoms with Gasteiger partial charge >= 0.3 is 0 Å². The Morgan fingerprint density at radius 3 is 2.87 bits per heavy atom. The van der Waals surface area contributed by atoms with E-state index >= 15 is 0 Å². The van der Waals surface area contributed by atoms with Crippen molar-refractivity contribution in [2.75, 3.05) is 18.0 Å². The Morgan fingerprint density at radius 1 is 1.53 bits per heavy atom. The molecule has 0 aromatic carbocycles. The lowest BCUT2D eigenvalue weighted by atomic mass is 9.87. The molecule has 15 heavy (non-hydrogen) atoms. The Morgan fingerprint density at radius 2 is 2.33 bits per heavy atom. The molecule has 1 aliphatic rings. The van der Waals surface area contributed by atoms with Crippen LogP contribution in [0.2, 0.25) is 0 Å². The lowest BCUT2D eigenvalue weighted by Crippen LogP contribution is -2.24. The molecule has 0 N–H and O–H groups in total. The van der Waals surface area contributed by atoms with Crippen LogP contribution in [0, 0.1) is 5.41 Å². The van der Waals surface area contributed by atoms with Gasteiger partial charge in [-0.25, -0.2) is 4.98 Å². The number of aromatic nitrogens is 1. The normalized spacial score (nSPS) is 25.9. The van der Waals surface area contributed by atoms with E-state index in [9.17, 15) is 0 Å². The molecule has 1 aliphatic heterocycles. The highest BCUT2D eigenvalue weighted by Crippen LogP contribution is 2.35. The average Bonchev–Trinajstić information content (AvgIpc) is 2.63. The summed E-state index contributed by atoms with van der Waals surface area (Å²) in [5.41, 5.74) is 0.481. The van der Waals surface area contributed by atoms with Crippen LogP contribution in [0.1, 0.15) is 26.7 Å². The van der Waals surface area contributed by atoms with Crippen molar-refractivity contribution in [2.24, 2.45) is 5.41 Å². The van der Waals surface area contributed by atoms with Crippen LogP contribution in [-0.2, 0) is 0 Å². The van der Waals surface area contributed by atoms with Gasteiger partial charge in [0.25, 0.3) is 0 Å². The highest BCUT2D eigenvalue weighted by atomic mass is 79.9. The molecule has 1 unspecified atom stereocenters. The van der Waals surface area contributed by atoms with E-state index in [0.29, 0.717) is 5.41 Å². The molecule has 1 fully saturated rings. The van der Waals surface area contributed by atoms with Gasteiger partial charge in [0, 0.05) is 23.8 Å². The Labute approximate surface area is 99.8 Å². The zero-order chi connectivity index (χ0) is 10.9. The quantitative estimate of drug-likeness (QED) is 0.817. The monoisotopic (exact) mass is 268 g/mol. The van der Waals surface area contributed by atoms with E-state index < -0.39 is 0 Å². The lowest BCUT2D eigenvalue weighted by Gasteiger charge is -2.23. The number of hydrogen-bond donors (Lipinski definition) is 0. The molecule has 0 saturated carbocycles. The van der Waals surface area contributed by atoms with Crippen molar-refractivity contribution in [3.8, 4) is 0 Å². The van der Waals surface area contributed by atoms with Gasteiger partial charge in [0.1, 0.15) is 5.82 Å². The topological polar surface area (TPSA) is 16.1 Å². The summed E-state index contributed by atoms with van der Waals surface area (Å²) in [7, 11) is 0. The fraction of sp³-hybridized carbons (Fsp3) is 0.583. The van der Waals surface area contributed by atoms with Crippen molar-refractivity contribution in [3.63, 3.8) is 0 Å². The highest BCUT2D eigenvalue weighted by Gasteiger charge is 2.32. The van der Waals surface area contributed by atoms with Gasteiger partial charge in [-0.2, -0.15) is 0 Å². The first kappa shape index (κ1) is 10.9. The molecule has 0 spiro atoms. The van der Waals surface area contributed by atoms with Crippen LogP contribution in [-0.4, -0.2) is 18.1 Å². The van der Waals surface area contributed by atoms with E-state index in [0.717, 1.165) is 23.4 Å². The van der Waals surface area contributed by atoms with Gasteiger partial charge in [0.2, 0.25) is 0 Å². The van der Waals surface area contributed by atoms with Gasteiger partial charge < -0.3 is 4.90 Å². The van der Waals surface area contributed by atoms with Crippen molar-refractivity contribution in [3.05, 3.63) is 22.8 Å². The SMILES string of the molecule is CCC1(C)CCN(c2ccc(Br)cn2)C1. The largest absolute Gasteiger partial charge is 0.356 e. The fourth-order valence-corrected chi connectivity index (χ4v) is 2.30. The van der Waals surface area contributed by atoms with E-state index in [4.69, 9.17) is 0 Å². The number of rotatable bonds is 2. The zero-order valence-electron chi connectivity index (χ0n) is 9.33. The van der Waals surface area contributed by atoms with Gasteiger partial charge in [0.05, 0.1) is 0 Å². The average molecular weight is 269 g/mol. The van der Waals surface area contributed by atoms with E-state index in [1.807, 2.05) is 6.20 Å². The molecule has 2 nitrogen and oxygen atoms in total. The van der Waals surface area contributed by atoms with Crippen LogP contribution < -0.4 is 4.90 Å². The van der Waals surface area contributed by atoms with Crippen molar-refractivity contribution in [2.45, 2.75) is 26.7 Å². The van der Waals surface area contributed by atoms with E-state index in [2.05, 4.69) is 51.8 Å². The highest BCUT2D eigenvalue weighted by molar-refractivity contribution is 9.10. The predicted octanol–water partition coefficient (Wildman–Crippen LogP) is 3.47. The van der Waals surface area contributed by atoms with Crippen LogP contribution in [0.3, 0.4) is 0 Å². The maximum Gasteiger partial charge on any atom is 0.128 e. The van der Waals surface area contributed by atoms with Gasteiger partial charge in [-0.3, -0.25) is 0 Å². The van der Waals surface area contributed by atoms with Crippen LogP contribution in [0.15, 0.2) is 22.8 Å². The second-order valence-corrected chi connectivity index (χ2v) is 5.59. The second kappa shape index (κ2) is 4.12. The van der Waals surface area contributed by atoms with Gasteiger partial charge in [0.15, 0.2) is 0 Å². The second-order valence-electron chi connectivity index (χ2n) is 4.67. The third-order valence-corrected chi connectivity index (χ3v) is 3.92. The first-order chi connectivity index (χ1) is 7.13. The first-order valence-corrected chi connectivity index (χ1v) is 6.29. The first-order valence-electron chi connectivity index (χ1n) is 5.49. The molecule has 1 atom stereocenters. The summed E-state index contributed by atoms with van der Waals surface area (Å²) in [6.45, 7) is 6.92. The minimum Gasteiger partial charge on any atom is -0.356 e. The standard InChI is InChI=1S/C12H17BrN2/c1-3-12(2)6-7-15(9-12)11-5-4-10(13)8-14-11/h4-5,8H,3,6-7,9H2,1-2H3. The third-order valence-electron chi connectivity index (χ3n) is 3.45. The summed E-state index contributed by atoms with van der Waals surface area (Å²) in [6, 6.07) is 4.15. The van der Waals surface area contributed by atoms with Gasteiger partial charge in [-0.05, 0) is 46.3 Å². The molecule has 1 aromatic heterocycles. The van der Waals surface area contributed by atoms with Crippen LogP contribution in [0.4, 0.5) is 5.82 Å². The molecular weight excluding hydrogens is 252 g/mol. The molecule has 0 radical (unpaired) electrons. The van der Waals surface area contributed by atoms with Crippen molar-refractivity contribution >= 4 is 21.7 Å². The number of pyridine rings is 1. The third kappa shape index (κ3) is 2.33. The van der Waals surface area contributed by atoms with E-state index in [-0.39, 0.29) is 0 Å². The molecule has 1 aromatic rings. The van der Waals surface area contributed by atoms with Gasteiger partial charge in [-0.15, -0.1) is 0 Å². The Hall–Kier alpha value is -0.570. The summed E-state index contributed by atoms with van der Waals surface area (Å²) < 4.78 is 1.05. The number of anilines is 1. The maximum absolute atomic E-state index is 4.44. The minimum absolute atomic E-state index is 0.481. The molecule has 0 bridgehead atoms. The van der Waals surface area contributed by atoms with Crippen molar-refractivity contribution < 1.29 is 0 Å². The summed E-state index contributed by atoms with van der Waals surface area (Å²) in [4.78, 5) is 6.82. The summed E-state index contributed by atoms with van der Waals surface area (Å²) in [5.74, 6) is 1.11. The molecule has 0 aliphatic carbocycles. The van der Waals surface area contributed by atoms with Gasteiger partial charge in [-0.1, -0.05) is 13.8 Å². The molecule has 2 rings (SSSR count). The molecule has 82 valence electrons. The van der Waals surface area contributed by atoms with Crippen LogP contribution in [0.5, 0.6) is 0 Å². The molecular formula is C12H17BrN2. The van der Waals surface area contributed by atoms with Crippen LogP contribution >= 0.6 is 15.9 Å². The smallest absolute Gasteiger partial charge is 0.128 e. The van der Waals surface area contributed by atoms with Crippen LogP contribution in [0.25, 0.3) is 0 Å². The summed E-state index contributed by atoms with van der Waals surface area (Å²) >= 11 is 3.41. The molecule has 0 amide bonds. The Bertz CT molecular complexity index is 336. The molecule has 2 heterocycles. The van der Waals surface area contributed by atoms with E-state index in [1.54, 1.807) is 0 Å². The number of halogens is 1. The maximum atomic E-state index is 4.44. The lowest BCUT2D eigenvalue weighted by molar-refractivity contribution is 0.355. The summed E-state index contributed by atoms with van der Waals surface area (Å²) in [5, 5.41) is 0. The predicted molar refractivity (Wildman–Crippen MR) is 67.2 cm³/mol. The Balaban J connectivity index is 2.11. The minimum atomic E-state index is 0.481. The number of nitrogens with zero attached hydrogens (tertiary/aromatic N) is 2. The Kier molecular flexibility index (Phi) is 3.01.